The van der Waals surface area contributed by atoms with Gasteiger partial charge in [-0.2, -0.15) is 5.10 Å². The summed E-state index contributed by atoms with van der Waals surface area (Å²) >= 11 is 5.99. The molecule has 7 nitrogen and oxygen atoms in total. The summed E-state index contributed by atoms with van der Waals surface area (Å²) < 4.78 is 5.45. The maximum Gasteiger partial charge on any atom is 0.407 e. The molecule has 1 saturated carbocycles. The molecule has 22 heavy (non-hydrogen) atoms. The molecule has 0 spiro atoms. The highest BCUT2D eigenvalue weighted by molar-refractivity contribution is 6.33. The van der Waals surface area contributed by atoms with Crippen LogP contribution in [0.2, 0.25) is 5.02 Å². The van der Waals surface area contributed by atoms with E-state index in [-0.39, 0.29) is 23.3 Å². The summed E-state index contributed by atoms with van der Waals surface area (Å²) in [5.74, 6) is 0. The van der Waals surface area contributed by atoms with Crippen molar-refractivity contribution in [2.24, 2.45) is 0 Å². The Morgan fingerprint density at radius 3 is 2.95 bits per heavy atom. The van der Waals surface area contributed by atoms with Crippen LogP contribution < -0.4 is 15.8 Å². The summed E-state index contributed by atoms with van der Waals surface area (Å²) in [5, 5.41) is 9.07. The highest BCUT2D eigenvalue weighted by Crippen LogP contribution is 2.26. The molecule has 8 heteroatoms. The van der Waals surface area contributed by atoms with Gasteiger partial charge in [-0.25, -0.2) is 9.89 Å². The summed E-state index contributed by atoms with van der Waals surface area (Å²) in [6, 6.07) is 0.247. The molecule has 1 amide bonds. The second-order valence-corrected chi connectivity index (χ2v) is 6.16. The lowest BCUT2D eigenvalue weighted by Gasteiger charge is -2.19. The molecule has 1 atom stereocenters. The van der Waals surface area contributed by atoms with E-state index >= 15 is 0 Å². The summed E-state index contributed by atoms with van der Waals surface area (Å²) in [6.07, 6.45) is 6.06. The highest BCUT2D eigenvalue weighted by atomic mass is 35.5. The Kier molecular flexibility index (Phi) is 4.52. The maximum absolute atomic E-state index is 11.9. The molecule has 0 bridgehead atoms. The summed E-state index contributed by atoms with van der Waals surface area (Å²) in [7, 11) is 0. The van der Waals surface area contributed by atoms with Crippen molar-refractivity contribution in [3.05, 3.63) is 21.6 Å². The lowest BCUT2D eigenvalue weighted by atomic mass is 10.3. The molecule has 2 fully saturated rings. The van der Waals surface area contributed by atoms with Gasteiger partial charge in [-0.3, -0.25) is 4.79 Å². The first-order valence-electron chi connectivity index (χ1n) is 7.59. The van der Waals surface area contributed by atoms with Crippen LogP contribution in [0.5, 0.6) is 0 Å². The summed E-state index contributed by atoms with van der Waals surface area (Å²) in [6.45, 7) is 1.19. The first kappa shape index (κ1) is 15.1. The number of carbonyl (C=O) groups excluding carboxylic acids is 1. The Bertz CT molecular complexity index is 600. The van der Waals surface area contributed by atoms with Crippen molar-refractivity contribution in [3.8, 4) is 0 Å². The quantitative estimate of drug-likeness (QED) is 0.882. The van der Waals surface area contributed by atoms with Crippen molar-refractivity contribution in [1.82, 2.24) is 15.5 Å². The largest absolute Gasteiger partial charge is 0.444 e. The molecule has 120 valence electrons. The van der Waals surface area contributed by atoms with Gasteiger partial charge < -0.3 is 15.0 Å². The number of anilines is 1. The molecule has 0 unspecified atom stereocenters. The number of nitrogens with one attached hydrogen (secondary N) is 2. The molecule has 2 aliphatic rings. The SMILES string of the molecule is O=C(NC1CCCC1)O[C@@H]1CCN(c2cn[nH]c(=O)c2Cl)C1. The van der Waals surface area contributed by atoms with Crippen molar-refractivity contribution in [2.45, 2.75) is 44.2 Å². The third-order valence-corrected chi connectivity index (χ3v) is 4.58. The van der Waals surface area contributed by atoms with Crippen molar-refractivity contribution in [1.29, 1.82) is 0 Å². The standard InChI is InChI=1S/C14H19ClN4O3/c15-12-11(7-16-18-13(12)20)19-6-5-10(8-19)22-14(21)17-9-3-1-2-4-9/h7,9-10H,1-6,8H2,(H,17,21)(H,18,20)/t10-/m1/s1. The van der Waals surface area contributed by atoms with Crippen molar-refractivity contribution >= 4 is 23.4 Å². The van der Waals surface area contributed by atoms with Gasteiger partial charge in [0, 0.05) is 19.0 Å². The van der Waals surface area contributed by atoms with Crippen LogP contribution in [0.25, 0.3) is 0 Å². The Hall–Kier alpha value is -1.76. The number of aromatic amines is 1. The zero-order valence-electron chi connectivity index (χ0n) is 12.2. The van der Waals surface area contributed by atoms with Crippen LogP contribution in [0.4, 0.5) is 10.5 Å². The number of halogens is 1. The monoisotopic (exact) mass is 326 g/mol. The molecule has 0 radical (unpaired) electrons. The Balaban J connectivity index is 1.54. The molecule has 1 saturated heterocycles. The highest BCUT2D eigenvalue weighted by Gasteiger charge is 2.28. The fraction of sp³-hybridized carbons (Fsp3) is 0.643. The van der Waals surface area contributed by atoms with Gasteiger partial charge in [0.2, 0.25) is 0 Å². The second kappa shape index (κ2) is 6.56. The van der Waals surface area contributed by atoms with E-state index < -0.39 is 5.56 Å². The number of aromatic nitrogens is 2. The Labute approximate surface area is 133 Å². The third kappa shape index (κ3) is 3.35. The van der Waals surface area contributed by atoms with Gasteiger partial charge >= 0.3 is 6.09 Å². The predicted molar refractivity (Wildman–Crippen MR) is 82.4 cm³/mol. The van der Waals surface area contributed by atoms with E-state index in [0.717, 1.165) is 25.7 Å². The van der Waals surface area contributed by atoms with Gasteiger partial charge in [-0.1, -0.05) is 24.4 Å². The number of H-pyrrole nitrogens is 1. The normalized spacial score (nSPS) is 22.0. The first-order valence-corrected chi connectivity index (χ1v) is 7.96. The van der Waals surface area contributed by atoms with Gasteiger partial charge in [0.1, 0.15) is 11.1 Å². The number of hydrogen-bond acceptors (Lipinski definition) is 5. The molecule has 0 aromatic carbocycles. The van der Waals surface area contributed by atoms with Crippen molar-refractivity contribution in [3.63, 3.8) is 0 Å². The van der Waals surface area contributed by atoms with Gasteiger partial charge in [0.15, 0.2) is 0 Å². The minimum absolute atomic E-state index is 0.117. The molecular weight excluding hydrogens is 308 g/mol. The lowest BCUT2D eigenvalue weighted by molar-refractivity contribution is 0.105. The van der Waals surface area contributed by atoms with Crippen LogP contribution >= 0.6 is 11.6 Å². The Morgan fingerprint density at radius 1 is 1.41 bits per heavy atom. The fourth-order valence-electron chi connectivity index (χ4n) is 3.06. The predicted octanol–water partition coefficient (Wildman–Crippen LogP) is 1.67. The number of rotatable bonds is 3. The van der Waals surface area contributed by atoms with E-state index in [0.29, 0.717) is 25.2 Å². The minimum atomic E-state index is -0.414. The van der Waals surface area contributed by atoms with Crippen molar-refractivity contribution < 1.29 is 9.53 Å². The summed E-state index contributed by atoms with van der Waals surface area (Å²) in [5.41, 5.74) is 0.162. The lowest BCUT2D eigenvalue weighted by Crippen LogP contribution is -2.36. The van der Waals surface area contributed by atoms with Crippen molar-refractivity contribution in [2.75, 3.05) is 18.0 Å². The zero-order valence-corrected chi connectivity index (χ0v) is 12.9. The number of hydrogen-bond donors (Lipinski definition) is 2. The molecule has 1 aromatic rings. The summed E-state index contributed by atoms with van der Waals surface area (Å²) in [4.78, 5) is 25.3. The third-order valence-electron chi connectivity index (χ3n) is 4.21. The molecule has 3 rings (SSSR count). The maximum atomic E-state index is 11.9. The molecule has 2 heterocycles. The minimum Gasteiger partial charge on any atom is -0.444 e. The van der Waals surface area contributed by atoms with E-state index in [1.807, 2.05) is 4.90 Å². The number of nitrogens with zero attached hydrogens (tertiary/aromatic N) is 2. The van der Waals surface area contributed by atoms with Crippen LogP contribution in [0.1, 0.15) is 32.1 Å². The molecule has 2 N–H and O–H groups in total. The molecule has 1 aliphatic heterocycles. The number of ether oxygens (including phenoxy) is 1. The Morgan fingerprint density at radius 2 is 2.18 bits per heavy atom. The van der Waals surface area contributed by atoms with Gasteiger partial charge in [0.25, 0.3) is 5.56 Å². The average molecular weight is 327 g/mol. The number of alkyl carbamates (subject to hydrolysis) is 1. The second-order valence-electron chi connectivity index (χ2n) is 5.79. The van der Waals surface area contributed by atoms with Gasteiger partial charge in [-0.15, -0.1) is 0 Å². The van der Waals surface area contributed by atoms with Crippen LogP contribution in [0.15, 0.2) is 11.0 Å². The van der Waals surface area contributed by atoms with E-state index in [9.17, 15) is 9.59 Å². The molecule has 1 aromatic heterocycles. The van der Waals surface area contributed by atoms with E-state index in [1.54, 1.807) is 0 Å². The van der Waals surface area contributed by atoms with E-state index in [1.165, 1.54) is 6.20 Å². The molecular formula is C14H19ClN4O3. The zero-order chi connectivity index (χ0) is 15.5. The van der Waals surface area contributed by atoms with Crippen LogP contribution in [0, 0.1) is 0 Å². The van der Waals surface area contributed by atoms with E-state index in [4.69, 9.17) is 16.3 Å². The fourth-order valence-corrected chi connectivity index (χ4v) is 3.27. The van der Waals surface area contributed by atoms with E-state index in [2.05, 4.69) is 15.5 Å². The number of carbonyl (C=O) groups is 1. The molecule has 1 aliphatic carbocycles. The van der Waals surface area contributed by atoms with Gasteiger partial charge in [0.05, 0.1) is 18.4 Å². The van der Waals surface area contributed by atoms with Crippen LogP contribution in [0.3, 0.4) is 0 Å². The number of amides is 1. The first-order chi connectivity index (χ1) is 10.6. The van der Waals surface area contributed by atoms with Crippen LogP contribution in [-0.2, 0) is 4.74 Å². The smallest absolute Gasteiger partial charge is 0.407 e. The average Bonchev–Trinajstić information content (AvgIpc) is 3.14. The van der Waals surface area contributed by atoms with Crippen LogP contribution in [-0.4, -0.2) is 41.5 Å². The van der Waals surface area contributed by atoms with Gasteiger partial charge in [-0.05, 0) is 12.8 Å². The topological polar surface area (TPSA) is 87.3 Å².